The highest BCUT2D eigenvalue weighted by Gasteiger charge is 2.15. The monoisotopic (exact) mass is 723 g/mol. The zero-order valence-electron chi connectivity index (χ0n) is 20.0. The lowest BCUT2D eigenvalue weighted by Gasteiger charge is -2.15. The fourth-order valence-corrected chi connectivity index (χ4v) is 4.98. The molecule has 36 heavy (non-hydrogen) atoms. The molecular weight excluding hydrogens is 701 g/mol. The van der Waals surface area contributed by atoms with Crippen molar-refractivity contribution in [1.29, 1.82) is 0 Å². The van der Waals surface area contributed by atoms with Crippen LogP contribution in [-0.4, -0.2) is 22.5 Å². The maximum Gasteiger partial charge on any atom is 0.282 e. The van der Waals surface area contributed by atoms with Crippen LogP contribution in [0.2, 0.25) is 0 Å². The van der Waals surface area contributed by atoms with E-state index >= 15 is 0 Å². The van der Waals surface area contributed by atoms with Crippen LogP contribution >= 0.6 is 54.5 Å². The molecule has 186 valence electrons. The zero-order valence-corrected chi connectivity index (χ0v) is 25.3. The molecule has 0 saturated heterocycles. The molecule has 0 N–H and O–H groups in total. The Bertz CT molecular complexity index is 1480. The van der Waals surface area contributed by atoms with Gasteiger partial charge in [0.15, 0.2) is 11.5 Å². The Kier molecular flexibility index (Phi) is 8.84. The average Bonchev–Trinajstić information content (AvgIpc) is 2.84. The maximum absolute atomic E-state index is 13.3. The van der Waals surface area contributed by atoms with Gasteiger partial charge in [-0.05, 0) is 83.1 Å². The minimum absolute atomic E-state index is 0.0106. The number of aromatic nitrogens is 2. The summed E-state index contributed by atoms with van der Waals surface area (Å²) in [5.41, 5.74) is 2.28. The molecule has 0 unspecified atom stereocenters. The minimum atomic E-state index is -0.213. The summed E-state index contributed by atoms with van der Waals surface area (Å²) in [6, 6.07) is 17.3. The van der Waals surface area contributed by atoms with Gasteiger partial charge in [-0.3, -0.25) is 4.79 Å². The maximum atomic E-state index is 13.3. The number of ether oxygens (including phenoxy) is 2. The molecule has 0 saturated carbocycles. The van der Waals surface area contributed by atoms with Crippen molar-refractivity contribution < 1.29 is 9.47 Å². The number of benzene rings is 3. The lowest BCUT2D eigenvalue weighted by molar-refractivity contribution is 0.267. The number of rotatable bonds is 8. The van der Waals surface area contributed by atoms with E-state index in [1.807, 2.05) is 69.3 Å². The summed E-state index contributed by atoms with van der Waals surface area (Å²) in [7, 11) is 0. The first-order valence-corrected chi connectivity index (χ1v) is 14.0. The van der Waals surface area contributed by atoms with Crippen molar-refractivity contribution in [3.63, 3.8) is 0 Å². The van der Waals surface area contributed by atoms with Gasteiger partial charge in [0, 0.05) is 14.9 Å². The molecule has 0 aliphatic rings. The fraction of sp³-hybridized carbons (Fsp3) is 0.222. The molecule has 6 nitrogen and oxygen atoms in total. The fourth-order valence-electron chi connectivity index (χ4n) is 3.58. The molecular formula is C27H24Br2IN3O3. The number of hydrogen-bond acceptors (Lipinski definition) is 5. The highest BCUT2D eigenvalue weighted by atomic mass is 127. The molecule has 4 aromatic rings. The lowest BCUT2D eigenvalue weighted by atomic mass is 10.2. The Labute approximate surface area is 240 Å². The largest absolute Gasteiger partial charge is 0.490 e. The van der Waals surface area contributed by atoms with Crippen LogP contribution < -0.4 is 15.0 Å². The van der Waals surface area contributed by atoms with Crippen LogP contribution in [0.3, 0.4) is 0 Å². The molecule has 0 fully saturated rings. The molecule has 0 spiro atoms. The van der Waals surface area contributed by atoms with Crippen molar-refractivity contribution in [2.45, 2.75) is 33.3 Å². The summed E-state index contributed by atoms with van der Waals surface area (Å²) in [6.07, 6.45) is 1.65. The first-order chi connectivity index (χ1) is 17.3. The average molecular weight is 725 g/mol. The highest BCUT2D eigenvalue weighted by Crippen LogP contribution is 2.34. The summed E-state index contributed by atoms with van der Waals surface area (Å²) < 4.78 is 16.1. The van der Waals surface area contributed by atoms with Crippen molar-refractivity contribution in [1.82, 2.24) is 9.66 Å². The van der Waals surface area contributed by atoms with Gasteiger partial charge >= 0.3 is 0 Å². The Morgan fingerprint density at radius 1 is 1.06 bits per heavy atom. The molecule has 1 aromatic heterocycles. The second-order valence-electron chi connectivity index (χ2n) is 8.33. The molecule has 4 rings (SSSR count). The van der Waals surface area contributed by atoms with Crippen molar-refractivity contribution in [3.8, 4) is 11.5 Å². The molecule has 0 radical (unpaired) electrons. The van der Waals surface area contributed by atoms with Gasteiger partial charge in [0.05, 0.1) is 27.3 Å². The van der Waals surface area contributed by atoms with E-state index in [0.717, 1.165) is 23.6 Å². The minimum Gasteiger partial charge on any atom is -0.490 e. The molecule has 0 bridgehead atoms. The summed E-state index contributed by atoms with van der Waals surface area (Å²) in [4.78, 5) is 18.0. The third kappa shape index (κ3) is 6.18. The van der Waals surface area contributed by atoms with E-state index in [1.165, 1.54) is 4.68 Å². The third-order valence-corrected chi connectivity index (χ3v) is 7.12. The normalized spacial score (nSPS) is 11.5. The Hall–Kier alpha value is -2.24. The van der Waals surface area contributed by atoms with E-state index in [4.69, 9.17) is 14.5 Å². The lowest BCUT2D eigenvalue weighted by Crippen LogP contribution is -2.23. The summed E-state index contributed by atoms with van der Waals surface area (Å²) >= 11 is 9.13. The van der Waals surface area contributed by atoms with Crippen molar-refractivity contribution in [3.05, 3.63) is 94.4 Å². The van der Waals surface area contributed by atoms with Gasteiger partial charge in [-0.1, -0.05) is 57.8 Å². The van der Waals surface area contributed by atoms with E-state index in [0.29, 0.717) is 41.4 Å². The van der Waals surface area contributed by atoms with Crippen LogP contribution in [-0.2, 0) is 6.61 Å². The first kappa shape index (κ1) is 26.8. The first-order valence-electron chi connectivity index (χ1n) is 11.4. The van der Waals surface area contributed by atoms with Crippen LogP contribution in [0, 0.1) is 3.57 Å². The van der Waals surface area contributed by atoms with Gasteiger partial charge < -0.3 is 9.47 Å². The molecule has 1 heterocycles. The van der Waals surface area contributed by atoms with Gasteiger partial charge in [0.25, 0.3) is 5.56 Å². The predicted molar refractivity (Wildman–Crippen MR) is 160 cm³/mol. The number of nitrogens with zero attached hydrogens (tertiary/aromatic N) is 3. The predicted octanol–water partition coefficient (Wildman–Crippen LogP) is 7.51. The van der Waals surface area contributed by atoms with Crippen molar-refractivity contribution >= 4 is 71.6 Å². The third-order valence-electron chi connectivity index (χ3n) is 5.30. The van der Waals surface area contributed by atoms with Crippen LogP contribution in [0.15, 0.2) is 73.4 Å². The van der Waals surface area contributed by atoms with Gasteiger partial charge in [0.2, 0.25) is 0 Å². The second-order valence-corrected chi connectivity index (χ2v) is 11.3. The summed E-state index contributed by atoms with van der Waals surface area (Å²) in [5.74, 6) is 1.91. The molecule has 0 amide bonds. The van der Waals surface area contributed by atoms with E-state index < -0.39 is 0 Å². The molecule has 0 aliphatic heterocycles. The van der Waals surface area contributed by atoms with Gasteiger partial charge in [-0.15, -0.1) is 0 Å². The number of fused-ring (bicyclic) bond motifs is 1. The van der Waals surface area contributed by atoms with Crippen LogP contribution in [0.4, 0.5) is 0 Å². The van der Waals surface area contributed by atoms with Gasteiger partial charge in [-0.2, -0.15) is 9.78 Å². The van der Waals surface area contributed by atoms with Crippen LogP contribution in [0.1, 0.15) is 43.6 Å². The van der Waals surface area contributed by atoms with Crippen molar-refractivity contribution in [2.24, 2.45) is 5.10 Å². The second kappa shape index (κ2) is 11.9. The van der Waals surface area contributed by atoms with Crippen LogP contribution in [0.25, 0.3) is 10.9 Å². The molecule has 0 atom stereocenters. The van der Waals surface area contributed by atoms with E-state index in [9.17, 15) is 4.79 Å². The quantitative estimate of drug-likeness (QED) is 0.140. The Balaban J connectivity index is 1.69. The molecule has 3 aromatic carbocycles. The van der Waals surface area contributed by atoms with Gasteiger partial charge in [0.1, 0.15) is 12.4 Å². The molecule has 0 aliphatic carbocycles. The highest BCUT2D eigenvalue weighted by molar-refractivity contribution is 14.1. The van der Waals surface area contributed by atoms with Crippen LogP contribution in [0.5, 0.6) is 11.5 Å². The number of halogens is 3. The standard InChI is InChI=1S/C27H24Br2IN3O3/c1-4-35-24-12-18(11-22(30)25(24)36-15-17-5-7-19(28)8-6-17)14-31-33-26(16(2)3)32-23-10-9-20(29)13-21(23)27(33)34/h5-14,16H,4,15H2,1-3H3. The Morgan fingerprint density at radius 2 is 1.78 bits per heavy atom. The van der Waals surface area contributed by atoms with Gasteiger partial charge in [-0.25, -0.2) is 4.98 Å². The smallest absolute Gasteiger partial charge is 0.282 e. The van der Waals surface area contributed by atoms with E-state index in [1.54, 1.807) is 12.3 Å². The van der Waals surface area contributed by atoms with E-state index in [2.05, 4.69) is 59.6 Å². The number of hydrogen-bond donors (Lipinski definition) is 0. The van der Waals surface area contributed by atoms with E-state index in [-0.39, 0.29) is 11.5 Å². The van der Waals surface area contributed by atoms with Crippen molar-refractivity contribution in [2.75, 3.05) is 6.61 Å². The molecule has 9 heteroatoms. The topological polar surface area (TPSA) is 65.7 Å². The Morgan fingerprint density at radius 3 is 2.47 bits per heavy atom. The zero-order chi connectivity index (χ0) is 25.8. The summed E-state index contributed by atoms with van der Waals surface area (Å²) in [5, 5.41) is 5.05. The SMILES string of the molecule is CCOc1cc(C=Nn2c(C(C)C)nc3ccc(Br)cc3c2=O)cc(I)c1OCc1ccc(Br)cc1. The summed E-state index contributed by atoms with van der Waals surface area (Å²) in [6.45, 7) is 6.83.